The number of benzene rings is 1. The lowest BCUT2D eigenvalue weighted by Crippen LogP contribution is -2.21. The van der Waals surface area contributed by atoms with E-state index >= 15 is 0 Å². The Labute approximate surface area is 102 Å². The molecule has 1 aromatic rings. The van der Waals surface area contributed by atoms with Crippen molar-refractivity contribution in [3.63, 3.8) is 0 Å². The first-order valence-electron chi connectivity index (χ1n) is 4.49. The van der Waals surface area contributed by atoms with Gasteiger partial charge in [-0.1, -0.05) is 6.07 Å². The molecular weight excluding hydrogens is 262 g/mol. The molecule has 0 amide bonds. The van der Waals surface area contributed by atoms with E-state index in [9.17, 15) is 17.6 Å². The Morgan fingerprint density at radius 3 is 2.35 bits per heavy atom. The molecule has 0 saturated carbocycles. The van der Waals surface area contributed by atoms with E-state index in [1.165, 1.54) is 19.2 Å². The van der Waals surface area contributed by atoms with Crippen molar-refractivity contribution in [2.24, 2.45) is 5.73 Å². The molecule has 2 N–H and O–H groups in total. The van der Waals surface area contributed by atoms with Gasteiger partial charge in [0.25, 0.3) is 0 Å². The van der Waals surface area contributed by atoms with Crippen LogP contribution in [0.3, 0.4) is 0 Å². The van der Waals surface area contributed by atoms with Crippen LogP contribution in [-0.4, -0.2) is 13.3 Å². The molecule has 0 saturated heterocycles. The summed E-state index contributed by atoms with van der Waals surface area (Å²) in [5, 5.41) is 0. The number of nitrogens with two attached hydrogens (primary N) is 1. The van der Waals surface area contributed by atoms with Gasteiger partial charge in [-0.3, -0.25) is 0 Å². The summed E-state index contributed by atoms with van der Waals surface area (Å²) < 4.78 is 54.2. The molecule has 17 heavy (non-hydrogen) atoms. The predicted molar refractivity (Wildman–Crippen MR) is 57.8 cm³/mol. The van der Waals surface area contributed by atoms with Gasteiger partial charge in [-0.05, 0) is 6.07 Å². The summed E-state index contributed by atoms with van der Waals surface area (Å²) in [5.41, 5.74) is 5.10. The Kier molecular flexibility index (Phi) is 5.71. The second-order valence-electron chi connectivity index (χ2n) is 3.31. The van der Waals surface area contributed by atoms with Crippen molar-refractivity contribution in [1.82, 2.24) is 0 Å². The van der Waals surface area contributed by atoms with Crippen molar-refractivity contribution < 1.29 is 22.3 Å². The fraction of sp³-hybridized carbons (Fsp3) is 0.400. The topological polar surface area (TPSA) is 35.2 Å². The average molecular weight is 274 g/mol. The van der Waals surface area contributed by atoms with Crippen LogP contribution in [0, 0.1) is 5.82 Å². The maximum Gasteiger partial charge on any atom is 0.390 e. The summed E-state index contributed by atoms with van der Waals surface area (Å²) in [6, 6.07) is 2.18. The van der Waals surface area contributed by atoms with Gasteiger partial charge < -0.3 is 10.5 Å². The van der Waals surface area contributed by atoms with Gasteiger partial charge >= 0.3 is 6.18 Å². The molecule has 1 atom stereocenters. The summed E-state index contributed by atoms with van der Waals surface area (Å²) in [4.78, 5) is 0. The molecule has 0 aliphatic carbocycles. The van der Waals surface area contributed by atoms with E-state index in [2.05, 4.69) is 0 Å². The molecular formula is C10H12ClF4NO. The molecule has 0 radical (unpaired) electrons. The molecule has 0 heterocycles. The monoisotopic (exact) mass is 273 g/mol. The molecule has 0 aliphatic heterocycles. The smallest absolute Gasteiger partial charge is 0.390 e. The second kappa shape index (κ2) is 6.07. The maximum absolute atomic E-state index is 13.3. The first-order chi connectivity index (χ1) is 7.33. The summed E-state index contributed by atoms with van der Waals surface area (Å²) in [6.45, 7) is 0. The van der Waals surface area contributed by atoms with E-state index in [1.54, 1.807) is 0 Å². The number of hydrogen-bond donors (Lipinski definition) is 1. The zero-order chi connectivity index (χ0) is 12.3. The summed E-state index contributed by atoms with van der Waals surface area (Å²) >= 11 is 0. The molecule has 2 nitrogen and oxygen atoms in total. The quantitative estimate of drug-likeness (QED) is 0.859. The van der Waals surface area contributed by atoms with E-state index in [0.717, 1.165) is 6.07 Å². The highest BCUT2D eigenvalue weighted by Crippen LogP contribution is 2.30. The molecule has 0 bridgehead atoms. The van der Waals surface area contributed by atoms with Crippen LogP contribution < -0.4 is 10.5 Å². The Balaban J connectivity index is 0.00000256. The normalized spacial score (nSPS) is 12.8. The third-order valence-electron chi connectivity index (χ3n) is 2.06. The minimum absolute atomic E-state index is 0. The number of alkyl halides is 3. The Bertz CT molecular complexity index is 370. The SMILES string of the molecule is COc1ccc([C@H](N)CC(F)(F)F)c(F)c1.Cl. The zero-order valence-corrected chi connectivity index (χ0v) is 9.74. The van der Waals surface area contributed by atoms with Crippen LogP contribution in [-0.2, 0) is 0 Å². The van der Waals surface area contributed by atoms with Crippen molar-refractivity contribution in [3.05, 3.63) is 29.6 Å². The number of rotatable bonds is 3. The van der Waals surface area contributed by atoms with E-state index in [0.29, 0.717) is 0 Å². The van der Waals surface area contributed by atoms with Crippen LogP contribution in [0.2, 0.25) is 0 Å². The Morgan fingerprint density at radius 2 is 1.94 bits per heavy atom. The zero-order valence-electron chi connectivity index (χ0n) is 8.92. The molecule has 0 aliphatic rings. The molecule has 0 unspecified atom stereocenters. The van der Waals surface area contributed by atoms with Crippen molar-refractivity contribution >= 4 is 12.4 Å². The Hall–Kier alpha value is -1.01. The van der Waals surface area contributed by atoms with Crippen molar-refractivity contribution in [3.8, 4) is 5.75 Å². The lowest BCUT2D eigenvalue weighted by atomic mass is 10.0. The van der Waals surface area contributed by atoms with Crippen LogP contribution in [0.25, 0.3) is 0 Å². The van der Waals surface area contributed by atoms with E-state index < -0.39 is 24.5 Å². The maximum atomic E-state index is 13.3. The van der Waals surface area contributed by atoms with Crippen molar-refractivity contribution in [2.75, 3.05) is 7.11 Å². The van der Waals surface area contributed by atoms with Gasteiger partial charge in [0.05, 0.1) is 13.5 Å². The molecule has 0 aromatic heterocycles. The van der Waals surface area contributed by atoms with Crippen LogP contribution in [0.4, 0.5) is 17.6 Å². The summed E-state index contributed by atoms with van der Waals surface area (Å²) in [5.74, 6) is -0.559. The number of halogens is 5. The standard InChI is InChI=1S/C10H11F4NO.ClH/c1-16-6-2-3-7(8(11)4-6)9(15)5-10(12,13)14;/h2-4,9H,5,15H2,1H3;1H/t9-;/m1./s1. The minimum atomic E-state index is -4.41. The number of methoxy groups -OCH3 is 1. The fourth-order valence-electron chi connectivity index (χ4n) is 1.29. The van der Waals surface area contributed by atoms with Crippen LogP contribution in [0.5, 0.6) is 5.75 Å². The lowest BCUT2D eigenvalue weighted by molar-refractivity contribution is -0.138. The predicted octanol–water partition coefficient (Wildman–Crippen LogP) is 3.21. The first kappa shape index (κ1) is 16.0. The third kappa shape index (κ3) is 4.79. The van der Waals surface area contributed by atoms with Gasteiger partial charge in [-0.2, -0.15) is 13.2 Å². The van der Waals surface area contributed by atoms with Crippen LogP contribution >= 0.6 is 12.4 Å². The van der Waals surface area contributed by atoms with E-state index in [1.807, 2.05) is 0 Å². The van der Waals surface area contributed by atoms with Gasteiger partial charge in [0, 0.05) is 17.7 Å². The summed E-state index contributed by atoms with van der Waals surface area (Å²) in [6.07, 6.45) is -5.66. The molecule has 0 spiro atoms. The molecule has 7 heteroatoms. The van der Waals surface area contributed by atoms with Crippen LogP contribution in [0.15, 0.2) is 18.2 Å². The highest BCUT2D eigenvalue weighted by molar-refractivity contribution is 5.85. The molecule has 1 rings (SSSR count). The van der Waals surface area contributed by atoms with E-state index in [-0.39, 0.29) is 23.7 Å². The number of hydrogen-bond acceptors (Lipinski definition) is 2. The summed E-state index contributed by atoms with van der Waals surface area (Å²) in [7, 11) is 1.34. The number of ether oxygens (including phenoxy) is 1. The second-order valence-corrected chi connectivity index (χ2v) is 3.31. The lowest BCUT2D eigenvalue weighted by Gasteiger charge is -2.15. The van der Waals surface area contributed by atoms with Gasteiger partial charge in [0.1, 0.15) is 11.6 Å². The first-order valence-corrected chi connectivity index (χ1v) is 4.49. The van der Waals surface area contributed by atoms with E-state index in [4.69, 9.17) is 10.5 Å². The average Bonchev–Trinajstić information content (AvgIpc) is 2.14. The third-order valence-corrected chi connectivity index (χ3v) is 2.06. The van der Waals surface area contributed by atoms with Crippen molar-refractivity contribution in [1.29, 1.82) is 0 Å². The van der Waals surface area contributed by atoms with Crippen molar-refractivity contribution in [2.45, 2.75) is 18.6 Å². The fourth-order valence-corrected chi connectivity index (χ4v) is 1.29. The highest BCUT2D eigenvalue weighted by Gasteiger charge is 2.31. The van der Waals surface area contributed by atoms with Crippen LogP contribution in [0.1, 0.15) is 18.0 Å². The molecule has 0 fully saturated rings. The van der Waals surface area contributed by atoms with Gasteiger partial charge in [0.2, 0.25) is 0 Å². The van der Waals surface area contributed by atoms with Gasteiger partial charge in [0.15, 0.2) is 0 Å². The van der Waals surface area contributed by atoms with Gasteiger partial charge in [-0.15, -0.1) is 12.4 Å². The molecule has 1 aromatic carbocycles. The largest absolute Gasteiger partial charge is 0.497 e. The molecule has 98 valence electrons. The highest BCUT2D eigenvalue weighted by atomic mass is 35.5. The Morgan fingerprint density at radius 1 is 1.35 bits per heavy atom. The minimum Gasteiger partial charge on any atom is -0.497 e. The van der Waals surface area contributed by atoms with Gasteiger partial charge in [-0.25, -0.2) is 4.39 Å².